The van der Waals surface area contributed by atoms with Crippen LogP contribution in [-0.4, -0.2) is 29.5 Å². The Hall–Kier alpha value is -3.25. The predicted molar refractivity (Wildman–Crippen MR) is 135 cm³/mol. The predicted octanol–water partition coefficient (Wildman–Crippen LogP) is 4.77. The van der Waals surface area contributed by atoms with E-state index in [-0.39, 0.29) is 16.2 Å². The Morgan fingerprint density at radius 1 is 1.00 bits per heavy atom. The summed E-state index contributed by atoms with van der Waals surface area (Å²) >= 11 is 5.33. The van der Waals surface area contributed by atoms with Crippen molar-refractivity contribution in [3.8, 4) is 0 Å². The maximum atomic E-state index is 13.4. The largest absolute Gasteiger partial charge is 0.365 e. The van der Waals surface area contributed by atoms with Gasteiger partial charge in [-0.3, -0.25) is 19.8 Å². The Balaban J connectivity index is 1.81. The van der Waals surface area contributed by atoms with Gasteiger partial charge in [-0.15, -0.1) is 0 Å². The van der Waals surface area contributed by atoms with Crippen molar-refractivity contribution in [2.24, 2.45) is 0 Å². The molecule has 0 spiro atoms. The standard InChI is InChI=1S/C26H27N3O2S/c1-15-9-7-8-10-21(15)29-24(31)20(23(30)27-25(29)32)13-18-12-19-17(3)14-26(4,5)28(6)22(19)11-16(18)2/h7-14H,1-6H3,(H,27,30,32)/b20-13+. The molecule has 2 aliphatic rings. The first kappa shape index (κ1) is 22.0. The van der Waals surface area contributed by atoms with Crippen LogP contribution in [0.25, 0.3) is 11.6 Å². The molecular formula is C26H27N3O2S. The Morgan fingerprint density at radius 2 is 1.69 bits per heavy atom. The monoisotopic (exact) mass is 445 g/mol. The summed E-state index contributed by atoms with van der Waals surface area (Å²) in [6.07, 6.45) is 3.91. The minimum atomic E-state index is -0.479. The van der Waals surface area contributed by atoms with Gasteiger partial charge in [-0.1, -0.05) is 24.3 Å². The number of hydrogen-bond acceptors (Lipinski definition) is 4. The van der Waals surface area contributed by atoms with Crippen LogP contribution in [0.2, 0.25) is 0 Å². The number of nitrogens with zero attached hydrogens (tertiary/aromatic N) is 2. The fraction of sp³-hybridized carbons (Fsp3) is 0.269. The molecule has 5 nitrogen and oxygen atoms in total. The van der Waals surface area contributed by atoms with E-state index in [4.69, 9.17) is 12.2 Å². The molecule has 2 aromatic carbocycles. The number of rotatable bonds is 2. The summed E-state index contributed by atoms with van der Waals surface area (Å²) in [5.41, 5.74) is 6.77. The van der Waals surface area contributed by atoms with Gasteiger partial charge in [0.05, 0.1) is 11.2 Å². The summed E-state index contributed by atoms with van der Waals surface area (Å²) < 4.78 is 0. The minimum absolute atomic E-state index is 0.0658. The second-order valence-corrected chi connectivity index (χ2v) is 9.40. The molecule has 1 saturated heterocycles. The van der Waals surface area contributed by atoms with Crippen LogP contribution in [0.1, 0.15) is 43.0 Å². The first-order valence-electron chi connectivity index (χ1n) is 10.6. The number of likely N-dealkylation sites (N-methyl/N-ethyl adjacent to an activating group) is 1. The number of nitrogens with one attached hydrogen (secondary N) is 1. The van der Waals surface area contributed by atoms with E-state index in [1.165, 1.54) is 10.5 Å². The van der Waals surface area contributed by atoms with Crippen LogP contribution in [0.5, 0.6) is 0 Å². The summed E-state index contributed by atoms with van der Waals surface area (Å²) in [6.45, 7) is 10.4. The average molecular weight is 446 g/mol. The number of amides is 2. The minimum Gasteiger partial charge on any atom is -0.365 e. The van der Waals surface area contributed by atoms with Crippen molar-refractivity contribution >= 4 is 52.2 Å². The second-order valence-electron chi connectivity index (χ2n) is 9.01. The Labute approximate surface area is 194 Å². The molecule has 2 amide bonds. The van der Waals surface area contributed by atoms with Gasteiger partial charge in [0.2, 0.25) is 0 Å². The first-order valence-corrected chi connectivity index (χ1v) is 11.0. The number of thiocarbonyl (C=S) groups is 1. The smallest absolute Gasteiger partial charge is 0.270 e. The molecule has 0 aliphatic carbocycles. The number of fused-ring (bicyclic) bond motifs is 1. The maximum absolute atomic E-state index is 13.4. The molecule has 0 atom stereocenters. The highest BCUT2D eigenvalue weighted by atomic mass is 32.1. The second kappa shape index (κ2) is 7.71. The molecule has 32 heavy (non-hydrogen) atoms. The molecule has 6 heteroatoms. The SMILES string of the molecule is CC1=CC(C)(C)N(C)c2cc(C)c(/C=C3\C(=O)NC(=S)N(c4ccccc4C)C3=O)cc21. The molecule has 1 fully saturated rings. The summed E-state index contributed by atoms with van der Waals surface area (Å²) in [5.74, 6) is -0.900. The van der Waals surface area contributed by atoms with Crippen molar-refractivity contribution in [2.75, 3.05) is 16.8 Å². The molecule has 0 aromatic heterocycles. The van der Waals surface area contributed by atoms with Gasteiger partial charge in [0.15, 0.2) is 5.11 Å². The molecule has 4 rings (SSSR count). The number of aryl methyl sites for hydroxylation is 2. The lowest BCUT2D eigenvalue weighted by Crippen LogP contribution is -2.54. The van der Waals surface area contributed by atoms with Crippen molar-refractivity contribution in [2.45, 2.75) is 40.2 Å². The van der Waals surface area contributed by atoms with E-state index in [1.54, 1.807) is 6.08 Å². The topological polar surface area (TPSA) is 52.7 Å². The normalized spacial score (nSPS) is 19.1. The molecule has 164 valence electrons. The van der Waals surface area contributed by atoms with E-state index in [0.29, 0.717) is 5.69 Å². The van der Waals surface area contributed by atoms with E-state index in [2.05, 4.69) is 56.2 Å². The Morgan fingerprint density at radius 3 is 2.38 bits per heavy atom. The average Bonchev–Trinajstić information content (AvgIpc) is 2.71. The number of benzene rings is 2. The van der Waals surface area contributed by atoms with Gasteiger partial charge in [-0.05, 0) is 93.4 Å². The highest BCUT2D eigenvalue weighted by molar-refractivity contribution is 7.80. The van der Waals surface area contributed by atoms with E-state index in [1.807, 2.05) is 38.1 Å². The Bertz CT molecular complexity index is 1240. The molecular weight excluding hydrogens is 418 g/mol. The molecule has 1 N–H and O–H groups in total. The molecule has 0 saturated carbocycles. The van der Waals surface area contributed by atoms with Gasteiger partial charge >= 0.3 is 0 Å². The lowest BCUT2D eigenvalue weighted by atomic mass is 9.87. The van der Waals surface area contributed by atoms with Crippen LogP contribution in [0.15, 0.2) is 48.0 Å². The summed E-state index contributed by atoms with van der Waals surface area (Å²) in [6, 6.07) is 11.7. The van der Waals surface area contributed by atoms with Gasteiger partial charge in [0, 0.05) is 18.3 Å². The lowest BCUT2D eigenvalue weighted by molar-refractivity contribution is -0.122. The van der Waals surface area contributed by atoms with E-state index in [9.17, 15) is 9.59 Å². The quantitative estimate of drug-likeness (QED) is 0.411. The third-order valence-electron chi connectivity index (χ3n) is 6.36. The van der Waals surface area contributed by atoms with E-state index in [0.717, 1.165) is 27.9 Å². The van der Waals surface area contributed by atoms with Crippen LogP contribution in [-0.2, 0) is 9.59 Å². The van der Waals surface area contributed by atoms with Crippen LogP contribution in [0, 0.1) is 13.8 Å². The highest BCUT2D eigenvalue weighted by Crippen LogP contribution is 2.39. The summed E-state index contributed by atoms with van der Waals surface area (Å²) in [7, 11) is 2.08. The van der Waals surface area contributed by atoms with Gasteiger partial charge in [-0.25, -0.2) is 0 Å². The zero-order valence-corrected chi connectivity index (χ0v) is 20.1. The molecule has 0 bridgehead atoms. The fourth-order valence-electron chi connectivity index (χ4n) is 4.32. The van der Waals surface area contributed by atoms with E-state index < -0.39 is 11.8 Å². The van der Waals surface area contributed by atoms with Crippen molar-refractivity contribution in [3.05, 3.63) is 70.3 Å². The molecule has 2 aliphatic heterocycles. The lowest BCUT2D eigenvalue weighted by Gasteiger charge is -2.41. The van der Waals surface area contributed by atoms with Gasteiger partial charge in [0.1, 0.15) is 5.57 Å². The molecule has 2 aromatic rings. The van der Waals surface area contributed by atoms with Crippen LogP contribution in [0.4, 0.5) is 11.4 Å². The van der Waals surface area contributed by atoms with Crippen LogP contribution >= 0.6 is 12.2 Å². The van der Waals surface area contributed by atoms with Crippen LogP contribution in [0.3, 0.4) is 0 Å². The van der Waals surface area contributed by atoms with Crippen molar-refractivity contribution in [1.82, 2.24) is 5.32 Å². The maximum Gasteiger partial charge on any atom is 0.270 e. The number of anilines is 2. The van der Waals surface area contributed by atoms with Crippen molar-refractivity contribution in [3.63, 3.8) is 0 Å². The number of allylic oxidation sites excluding steroid dienone is 1. The van der Waals surface area contributed by atoms with Crippen molar-refractivity contribution in [1.29, 1.82) is 0 Å². The molecule has 2 heterocycles. The Kier molecular flexibility index (Phi) is 5.29. The summed E-state index contributed by atoms with van der Waals surface area (Å²) in [4.78, 5) is 29.8. The van der Waals surface area contributed by atoms with E-state index >= 15 is 0 Å². The fourth-order valence-corrected chi connectivity index (χ4v) is 4.59. The van der Waals surface area contributed by atoms with Crippen molar-refractivity contribution < 1.29 is 9.59 Å². The van der Waals surface area contributed by atoms with Gasteiger partial charge in [0.25, 0.3) is 11.8 Å². The summed E-state index contributed by atoms with van der Waals surface area (Å²) in [5, 5.41) is 2.77. The number of hydrogen-bond donors (Lipinski definition) is 1. The third kappa shape index (κ3) is 3.54. The number of carbonyl (C=O) groups excluding carboxylic acids is 2. The number of carbonyl (C=O) groups is 2. The van der Waals surface area contributed by atoms with Crippen LogP contribution < -0.4 is 15.1 Å². The molecule has 0 unspecified atom stereocenters. The third-order valence-corrected chi connectivity index (χ3v) is 6.65. The van der Waals surface area contributed by atoms with Gasteiger partial charge < -0.3 is 4.90 Å². The first-order chi connectivity index (χ1) is 15.0. The van der Waals surface area contributed by atoms with Gasteiger partial charge in [-0.2, -0.15) is 0 Å². The molecule has 0 radical (unpaired) electrons. The zero-order valence-electron chi connectivity index (χ0n) is 19.2. The zero-order chi connectivity index (χ0) is 23.4. The highest BCUT2D eigenvalue weighted by Gasteiger charge is 2.35. The number of para-hydroxylation sites is 1.